The van der Waals surface area contributed by atoms with Crippen LogP contribution in [0.15, 0.2) is 0 Å². The molecule has 0 heterocycles. The van der Waals surface area contributed by atoms with Gasteiger partial charge >= 0.3 is 0 Å². The Hall–Kier alpha value is -0.0400. The van der Waals surface area contributed by atoms with Crippen molar-refractivity contribution in [1.82, 2.24) is 5.32 Å². The van der Waals surface area contributed by atoms with Crippen LogP contribution in [0.3, 0.4) is 0 Å². The molecular weight excluding hydrogens is 158 g/mol. The van der Waals surface area contributed by atoms with Gasteiger partial charge in [0.2, 0.25) is 0 Å². The molecule has 74 valence electrons. The number of nitrogens with one attached hydrogen (secondary N) is 1. The third kappa shape index (κ3) is 1.41. The Kier molecular flexibility index (Phi) is 1.90. The van der Waals surface area contributed by atoms with E-state index in [0.717, 1.165) is 17.5 Å². The van der Waals surface area contributed by atoms with E-state index >= 15 is 0 Å². The summed E-state index contributed by atoms with van der Waals surface area (Å²) in [6.45, 7) is 0. The minimum Gasteiger partial charge on any atom is -0.311 e. The molecule has 3 rings (SSSR count). The van der Waals surface area contributed by atoms with E-state index in [1.165, 1.54) is 57.8 Å². The normalized spacial score (nSPS) is 37.4. The highest BCUT2D eigenvalue weighted by molar-refractivity contribution is 5.09. The largest absolute Gasteiger partial charge is 0.311 e. The average Bonchev–Trinajstić information content (AvgIpc) is 2.73. The SMILES string of the molecule is C1CCC2(CC1)CC2NC1CCC1. The van der Waals surface area contributed by atoms with E-state index in [-0.39, 0.29) is 0 Å². The van der Waals surface area contributed by atoms with Crippen molar-refractivity contribution in [2.75, 3.05) is 0 Å². The molecule has 0 saturated heterocycles. The molecule has 0 radical (unpaired) electrons. The number of rotatable bonds is 2. The van der Waals surface area contributed by atoms with Crippen LogP contribution in [0.4, 0.5) is 0 Å². The van der Waals surface area contributed by atoms with Crippen molar-refractivity contribution in [3.63, 3.8) is 0 Å². The molecule has 3 aliphatic rings. The first-order valence-corrected chi connectivity index (χ1v) is 6.15. The van der Waals surface area contributed by atoms with E-state index < -0.39 is 0 Å². The predicted molar refractivity (Wildman–Crippen MR) is 54.7 cm³/mol. The lowest BCUT2D eigenvalue weighted by Gasteiger charge is -2.29. The van der Waals surface area contributed by atoms with Crippen molar-refractivity contribution in [1.29, 1.82) is 0 Å². The van der Waals surface area contributed by atoms with Gasteiger partial charge in [-0.1, -0.05) is 25.7 Å². The molecule has 1 nitrogen and oxygen atoms in total. The molecule has 1 atom stereocenters. The summed E-state index contributed by atoms with van der Waals surface area (Å²) in [7, 11) is 0. The Bertz CT molecular complexity index is 189. The van der Waals surface area contributed by atoms with Crippen LogP contribution in [0.2, 0.25) is 0 Å². The van der Waals surface area contributed by atoms with E-state index in [9.17, 15) is 0 Å². The molecule has 3 aliphatic carbocycles. The van der Waals surface area contributed by atoms with E-state index in [4.69, 9.17) is 0 Å². The third-order valence-corrected chi connectivity index (χ3v) is 4.58. The summed E-state index contributed by atoms with van der Waals surface area (Å²) < 4.78 is 0. The number of hydrogen-bond acceptors (Lipinski definition) is 1. The van der Waals surface area contributed by atoms with Gasteiger partial charge in [0, 0.05) is 12.1 Å². The minimum absolute atomic E-state index is 0.799. The zero-order valence-corrected chi connectivity index (χ0v) is 8.52. The minimum atomic E-state index is 0.799. The van der Waals surface area contributed by atoms with Crippen LogP contribution in [-0.4, -0.2) is 12.1 Å². The van der Waals surface area contributed by atoms with Crippen molar-refractivity contribution in [2.45, 2.75) is 69.9 Å². The standard InChI is InChI=1S/C12H21N/c1-2-7-12(8-3-1)9-11(12)13-10-5-4-6-10/h10-11,13H,1-9H2. The Morgan fingerprint density at radius 3 is 2.31 bits per heavy atom. The Labute approximate surface area is 81.3 Å². The molecule has 1 spiro atoms. The first-order valence-electron chi connectivity index (χ1n) is 6.15. The van der Waals surface area contributed by atoms with Crippen LogP contribution in [0.5, 0.6) is 0 Å². The van der Waals surface area contributed by atoms with Crippen molar-refractivity contribution in [2.24, 2.45) is 5.41 Å². The third-order valence-electron chi connectivity index (χ3n) is 4.58. The molecule has 1 heteroatoms. The molecule has 1 N–H and O–H groups in total. The van der Waals surface area contributed by atoms with E-state index in [1.54, 1.807) is 0 Å². The molecule has 3 saturated carbocycles. The second-order valence-electron chi connectivity index (χ2n) is 5.47. The number of hydrogen-bond donors (Lipinski definition) is 1. The maximum Gasteiger partial charge on any atom is 0.0133 e. The monoisotopic (exact) mass is 179 g/mol. The summed E-state index contributed by atoms with van der Waals surface area (Å²) in [5.41, 5.74) is 0.799. The van der Waals surface area contributed by atoms with E-state index in [0.29, 0.717) is 0 Å². The molecule has 0 aromatic carbocycles. The van der Waals surface area contributed by atoms with Gasteiger partial charge in [-0.05, 0) is 37.5 Å². The van der Waals surface area contributed by atoms with Crippen LogP contribution in [-0.2, 0) is 0 Å². The van der Waals surface area contributed by atoms with Gasteiger partial charge in [0.25, 0.3) is 0 Å². The molecule has 0 amide bonds. The molecular formula is C12H21N. The molecule has 1 unspecified atom stereocenters. The average molecular weight is 179 g/mol. The molecule has 13 heavy (non-hydrogen) atoms. The van der Waals surface area contributed by atoms with Crippen LogP contribution in [0, 0.1) is 5.41 Å². The van der Waals surface area contributed by atoms with Gasteiger partial charge in [-0.2, -0.15) is 0 Å². The fourth-order valence-corrected chi connectivity index (χ4v) is 3.25. The molecule has 3 fully saturated rings. The summed E-state index contributed by atoms with van der Waals surface area (Å²) in [6.07, 6.45) is 13.4. The second-order valence-corrected chi connectivity index (χ2v) is 5.47. The highest BCUT2D eigenvalue weighted by Gasteiger charge is 2.54. The van der Waals surface area contributed by atoms with Crippen LogP contribution in [0.1, 0.15) is 57.8 Å². The van der Waals surface area contributed by atoms with E-state index in [2.05, 4.69) is 5.32 Å². The highest BCUT2D eigenvalue weighted by Crippen LogP contribution is 2.56. The van der Waals surface area contributed by atoms with Crippen molar-refractivity contribution < 1.29 is 0 Å². The fraction of sp³-hybridized carbons (Fsp3) is 1.00. The molecule has 0 bridgehead atoms. The molecule has 0 aromatic rings. The lowest BCUT2D eigenvalue weighted by molar-refractivity contribution is 0.274. The first kappa shape index (κ1) is 8.28. The summed E-state index contributed by atoms with van der Waals surface area (Å²) in [4.78, 5) is 0. The molecule has 0 aromatic heterocycles. The van der Waals surface area contributed by atoms with Crippen LogP contribution in [0.25, 0.3) is 0 Å². The first-order chi connectivity index (χ1) is 6.39. The van der Waals surface area contributed by atoms with Gasteiger partial charge in [-0.3, -0.25) is 0 Å². The predicted octanol–water partition coefficient (Wildman–Crippen LogP) is 2.85. The van der Waals surface area contributed by atoms with E-state index in [1.807, 2.05) is 0 Å². The zero-order valence-electron chi connectivity index (χ0n) is 8.52. The second kappa shape index (κ2) is 2.98. The molecule has 0 aliphatic heterocycles. The summed E-state index contributed by atoms with van der Waals surface area (Å²) in [5, 5.41) is 3.85. The Balaban J connectivity index is 1.52. The van der Waals surface area contributed by atoms with Crippen molar-refractivity contribution in [3.05, 3.63) is 0 Å². The maximum atomic E-state index is 3.85. The van der Waals surface area contributed by atoms with Gasteiger partial charge in [-0.25, -0.2) is 0 Å². The summed E-state index contributed by atoms with van der Waals surface area (Å²) in [5.74, 6) is 0. The van der Waals surface area contributed by atoms with Crippen LogP contribution >= 0.6 is 0 Å². The van der Waals surface area contributed by atoms with Gasteiger partial charge in [0.1, 0.15) is 0 Å². The fourth-order valence-electron chi connectivity index (χ4n) is 3.25. The topological polar surface area (TPSA) is 12.0 Å². The Morgan fingerprint density at radius 1 is 0.923 bits per heavy atom. The maximum absolute atomic E-state index is 3.85. The Morgan fingerprint density at radius 2 is 1.69 bits per heavy atom. The quantitative estimate of drug-likeness (QED) is 0.687. The van der Waals surface area contributed by atoms with Crippen LogP contribution < -0.4 is 5.32 Å². The van der Waals surface area contributed by atoms with Crippen molar-refractivity contribution >= 4 is 0 Å². The zero-order chi connectivity index (χ0) is 8.73. The lowest BCUT2D eigenvalue weighted by Crippen LogP contribution is -2.39. The highest BCUT2D eigenvalue weighted by atomic mass is 15.0. The smallest absolute Gasteiger partial charge is 0.0133 e. The van der Waals surface area contributed by atoms with Crippen molar-refractivity contribution in [3.8, 4) is 0 Å². The van der Waals surface area contributed by atoms with Gasteiger partial charge in [0.05, 0.1) is 0 Å². The van der Waals surface area contributed by atoms with Gasteiger partial charge in [0.15, 0.2) is 0 Å². The summed E-state index contributed by atoms with van der Waals surface area (Å²) in [6, 6.07) is 1.84. The van der Waals surface area contributed by atoms with Gasteiger partial charge in [-0.15, -0.1) is 0 Å². The summed E-state index contributed by atoms with van der Waals surface area (Å²) >= 11 is 0. The van der Waals surface area contributed by atoms with Gasteiger partial charge < -0.3 is 5.32 Å². The lowest BCUT2D eigenvalue weighted by atomic mass is 9.85.